The molecule has 142 valence electrons. The van der Waals surface area contributed by atoms with Gasteiger partial charge in [0, 0.05) is 18.7 Å². The first-order chi connectivity index (χ1) is 12.4. The van der Waals surface area contributed by atoms with Crippen LogP contribution in [0.15, 0.2) is 29.2 Å². The molecule has 26 heavy (non-hydrogen) atoms. The third-order valence-corrected chi connectivity index (χ3v) is 6.84. The van der Waals surface area contributed by atoms with Gasteiger partial charge in [-0.15, -0.1) is 0 Å². The van der Waals surface area contributed by atoms with Crippen molar-refractivity contribution in [1.29, 1.82) is 0 Å². The molecule has 1 aromatic rings. The second kappa shape index (κ2) is 7.75. The van der Waals surface area contributed by atoms with Crippen molar-refractivity contribution in [3.05, 3.63) is 29.8 Å². The molecule has 1 amide bonds. The second-order valence-corrected chi connectivity index (χ2v) is 8.91. The number of sulfonamides is 1. The number of nitrogens with zero attached hydrogens (tertiary/aromatic N) is 1. The number of rotatable bonds is 6. The van der Waals surface area contributed by atoms with Crippen molar-refractivity contribution >= 4 is 21.9 Å². The molecule has 1 saturated heterocycles. The number of carboxylic acids is 1. The van der Waals surface area contributed by atoms with Crippen LogP contribution in [0, 0.1) is 5.92 Å². The van der Waals surface area contributed by atoms with Gasteiger partial charge in [-0.25, -0.2) is 13.2 Å². The van der Waals surface area contributed by atoms with Gasteiger partial charge in [0.05, 0.1) is 4.90 Å². The van der Waals surface area contributed by atoms with Crippen molar-refractivity contribution in [2.45, 2.75) is 49.5 Å². The Morgan fingerprint density at radius 3 is 2.35 bits per heavy atom. The molecule has 8 heteroatoms. The van der Waals surface area contributed by atoms with Gasteiger partial charge in [-0.3, -0.25) is 4.79 Å². The van der Waals surface area contributed by atoms with E-state index in [1.54, 1.807) is 0 Å². The largest absolute Gasteiger partial charge is 0.480 e. The monoisotopic (exact) mass is 380 g/mol. The highest BCUT2D eigenvalue weighted by atomic mass is 32.2. The third-order valence-electron chi connectivity index (χ3n) is 4.95. The van der Waals surface area contributed by atoms with Gasteiger partial charge < -0.3 is 10.4 Å². The zero-order chi connectivity index (χ0) is 18.7. The van der Waals surface area contributed by atoms with E-state index in [1.165, 1.54) is 28.6 Å². The van der Waals surface area contributed by atoms with E-state index in [1.807, 2.05) is 0 Å². The smallest absolute Gasteiger partial charge is 0.326 e. The van der Waals surface area contributed by atoms with Gasteiger partial charge >= 0.3 is 5.97 Å². The number of hydrogen-bond donors (Lipinski definition) is 2. The molecular formula is C18H24N2O5S. The molecular weight excluding hydrogens is 356 g/mol. The predicted molar refractivity (Wildman–Crippen MR) is 95.3 cm³/mol. The minimum atomic E-state index is -3.65. The number of benzene rings is 1. The standard InChI is InChI=1S/C18H24N2O5S/c21-17(19-16(18(22)23)13-8-9-13)14-6-5-7-15(12-14)26(24,25)20-10-3-1-2-4-11-20/h5-7,12-13,16H,1-4,8-11H2,(H,19,21)(H,22,23). The maximum Gasteiger partial charge on any atom is 0.326 e. The molecule has 1 aliphatic heterocycles. The van der Waals surface area contributed by atoms with E-state index < -0.39 is 27.9 Å². The van der Waals surface area contributed by atoms with E-state index >= 15 is 0 Å². The normalized spacial score (nSPS) is 20.2. The van der Waals surface area contributed by atoms with Crippen molar-refractivity contribution in [2.75, 3.05) is 13.1 Å². The summed E-state index contributed by atoms with van der Waals surface area (Å²) in [6.07, 6.45) is 5.27. The van der Waals surface area contributed by atoms with Crippen molar-refractivity contribution in [3.63, 3.8) is 0 Å². The van der Waals surface area contributed by atoms with Crippen LogP contribution in [-0.4, -0.2) is 48.8 Å². The summed E-state index contributed by atoms with van der Waals surface area (Å²) >= 11 is 0. The highest BCUT2D eigenvalue weighted by Crippen LogP contribution is 2.33. The first-order valence-corrected chi connectivity index (χ1v) is 10.5. The molecule has 2 fully saturated rings. The quantitative estimate of drug-likeness (QED) is 0.784. The van der Waals surface area contributed by atoms with Gasteiger partial charge in [-0.1, -0.05) is 18.9 Å². The summed E-state index contributed by atoms with van der Waals surface area (Å²) in [5.41, 5.74) is 0.160. The van der Waals surface area contributed by atoms with Crippen LogP contribution >= 0.6 is 0 Å². The number of aliphatic carboxylic acids is 1. The van der Waals surface area contributed by atoms with Crippen LogP contribution in [0.5, 0.6) is 0 Å². The second-order valence-electron chi connectivity index (χ2n) is 6.97. The lowest BCUT2D eigenvalue weighted by molar-refractivity contribution is -0.139. The van der Waals surface area contributed by atoms with Gasteiger partial charge in [0.25, 0.3) is 5.91 Å². The van der Waals surface area contributed by atoms with Crippen LogP contribution in [0.25, 0.3) is 0 Å². The lowest BCUT2D eigenvalue weighted by Gasteiger charge is -2.20. The van der Waals surface area contributed by atoms with Gasteiger partial charge in [-0.05, 0) is 49.8 Å². The zero-order valence-electron chi connectivity index (χ0n) is 14.6. The number of carbonyl (C=O) groups is 2. The number of carbonyl (C=O) groups excluding carboxylic acids is 1. The van der Waals surface area contributed by atoms with Crippen molar-refractivity contribution in [3.8, 4) is 0 Å². The SMILES string of the molecule is O=C(NC(C(=O)O)C1CC1)c1cccc(S(=O)(=O)N2CCCCCC2)c1. The van der Waals surface area contributed by atoms with E-state index in [9.17, 15) is 23.1 Å². The summed E-state index contributed by atoms with van der Waals surface area (Å²) in [5.74, 6) is -1.66. The van der Waals surface area contributed by atoms with Gasteiger partial charge in [0.2, 0.25) is 10.0 Å². The van der Waals surface area contributed by atoms with Crippen LogP contribution in [0.2, 0.25) is 0 Å². The van der Waals surface area contributed by atoms with E-state index in [4.69, 9.17) is 0 Å². The minimum absolute atomic E-state index is 0.0412. The lowest BCUT2D eigenvalue weighted by Crippen LogP contribution is -2.42. The van der Waals surface area contributed by atoms with Crippen molar-refractivity contribution in [1.82, 2.24) is 9.62 Å². The molecule has 1 heterocycles. The summed E-state index contributed by atoms with van der Waals surface area (Å²) in [4.78, 5) is 23.8. The molecule has 1 aliphatic carbocycles. The summed E-state index contributed by atoms with van der Waals surface area (Å²) in [5, 5.41) is 11.8. The third kappa shape index (κ3) is 4.24. The highest BCUT2D eigenvalue weighted by Gasteiger charge is 2.37. The van der Waals surface area contributed by atoms with Gasteiger partial charge in [0.1, 0.15) is 6.04 Å². The van der Waals surface area contributed by atoms with Crippen LogP contribution in [0.1, 0.15) is 48.9 Å². The fourth-order valence-corrected chi connectivity index (χ4v) is 4.83. The maximum atomic E-state index is 12.9. The van der Waals surface area contributed by atoms with Gasteiger partial charge in [0.15, 0.2) is 0 Å². The molecule has 3 rings (SSSR count). The average Bonchev–Trinajstić information content (AvgIpc) is 3.45. The lowest BCUT2D eigenvalue weighted by atomic mass is 10.1. The Morgan fingerprint density at radius 2 is 1.77 bits per heavy atom. The van der Waals surface area contributed by atoms with E-state index in [2.05, 4.69) is 5.32 Å². The molecule has 0 bridgehead atoms. The number of amides is 1. The Balaban J connectivity index is 1.78. The molecule has 0 spiro atoms. The number of hydrogen-bond acceptors (Lipinski definition) is 4. The Morgan fingerprint density at radius 1 is 1.12 bits per heavy atom. The minimum Gasteiger partial charge on any atom is -0.480 e. The molecule has 1 aromatic carbocycles. The molecule has 0 aromatic heterocycles. The Kier molecular flexibility index (Phi) is 5.62. The summed E-state index contributed by atoms with van der Waals surface area (Å²) in [6.45, 7) is 0.975. The zero-order valence-corrected chi connectivity index (χ0v) is 15.4. The topological polar surface area (TPSA) is 104 Å². The van der Waals surface area contributed by atoms with E-state index in [0.717, 1.165) is 38.5 Å². The molecule has 2 N–H and O–H groups in total. The fraction of sp³-hybridized carbons (Fsp3) is 0.556. The highest BCUT2D eigenvalue weighted by molar-refractivity contribution is 7.89. The Labute approximate surface area is 153 Å². The first-order valence-electron chi connectivity index (χ1n) is 9.03. The van der Waals surface area contributed by atoms with Crippen LogP contribution < -0.4 is 5.32 Å². The van der Waals surface area contributed by atoms with Gasteiger partial charge in [-0.2, -0.15) is 4.31 Å². The Hall–Kier alpha value is -1.93. The number of carboxylic acid groups (broad SMARTS) is 1. The molecule has 7 nitrogen and oxygen atoms in total. The summed E-state index contributed by atoms with van der Waals surface area (Å²) < 4.78 is 27.2. The fourth-order valence-electron chi connectivity index (χ4n) is 3.26. The predicted octanol–water partition coefficient (Wildman–Crippen LogP) is 1.84. The molecule has 2 aliphatic rings. The van der Waals surface area contributed by atoms with Crippen LogP contribution in [0.3, 0.4) is 0 Å². The van der Waals surface area contributed by atoms with Crippen molar-refractivity contribution < 1.29 is 23.1 Å². The average molecular weight is 380 g/mol. The maximum absolute atomic E-state index is 12.9. The number of nitrogens with one attached hydrogen (secondary N) is 1. The van der Waals surface area contributed by atoms with Crippen LogP contribution in [0.4, 0.5) is 0 Å². The molecule has 0 radical (unpaired) electrons. The first kappa shape index (κ1) is 18.8. The summed E-state index contributed by atoms with van der Waals surface area (Å²) in [6, 6.07) is 4.91. The van der Waals surface area contributed by atoms with E-state index in [0.29, 0.717) is 13.1 Å². The van der Waals surface area contributed by atoms with Crippen molar-refractivity contribution in [2.24, 2.45) is 5.92 Å². The molecule has 1 unspecified atom stereocenters. The molecule has 1 atom stereocenters. The summed E-state index contributed by atoms with van der Waals surface area (Å²) in [7, 11) is -3.65. The van der Waals surface area contributed by atoms with E-state index in [-0.39, 0.29) is 16.4 Å². The Bertz CT molecular complexity index is 781. The van der Waals surface area contributed by atoms with Crippen LogP contribution in [-0.2, 0) is 14.8 Å². The molecule has 1 saturated carbocycles.